The first-order chi connectivity index (χ1) is 5.77. The first kappa shape index (κ1) is 8.55. The second-order valence-corrected chi connectivity index (χ2v) is 2.42. The smallest absolute Gasteiger partial charge is 0.150 e. The molecule has 0 aliphatic heterocycles. The molecule has 0 aliphatic rings. The maximum atomic E-state index is 5.50. The van der Waals surface area contributed by atoms with Gasteiger partial charge >= 0.3 is 0 Å². The molecular weight excluding hydrogens is 152 g/mol. The van der Waals surface area contributed by atoms with Gasteiger partial charge in [0.15, 0.2) is 0 Å². The lowest BCUT2D eigenvalue weighted by atomic mass is 10.1. The fraction of sp³-hybridized carbons (Fsp3) is 0.125. The molecule has 0 radical (unpaired) electrons. The third-order valence-electron chi connectivity index (χ3n) is 1.60. The van der Waals surface area contributed by atoms with E-state index in [1.54, 1.807) is 0 Å². The van der Waals surface area contributed by atoms with E-state index in [2.05, 4.69) is 5.10 Å². The van der Waals surface area contributed by atoms with Gasteiger partial charge in [0.2, 0.25) is 0 Å². The summed E-state index contributed by atoms with van der Waals surface area (Å²) >= 11 is 0. The summed E-state index contributed by atoms with van der Waals surface area (Å²) < 4.78 is 0. The molecule has 0 bridgehead atoms. The summed E-state index contributed by atoms with van der Waals surface area (Å²) in [6, 6.07) is 7.50. The van der Waals surface area contributed by atoms with Gasteiger partial charge in [0.05, 0.1) is 0 Å². The fourth-order valence-corrected chi connectivity index (χ4v) is 0.932. The summed E-state index contributed by atoms with van der Waals surface area (Å²) in [7, 11) is 0. The minimum absolute atomic E-state index is 0.324. The van der Waals surface area contributed by atoms with Crippen molar-refractivity contribution in [1.29, 1.82) is 0 Å². The summed E-state index contributed by atoms with van der Waals surface area (Å²) in [5, 5.41) is 3.39. The zero-order valence-electron chi connectivity index (χ0n) is 6.70. The molecule has 0 heterocycles. The van der Waals surface area contributed by atoms with Gasteiger partial charge < -0.3 is 17.3 Å². The van der Waals surface area contributed by atoms with Crippen molar-refractivity contribution in [3.8, 4) is 0 Å². The van der Waals surface area contributed by atoms with Crippen LogP contribution in [-0.4, -0.2) is 5.84 Å². The van der Waals surface area contributed by atoms with Crippen LogP contribution < -0.4 is 17.3 Å². The summed E-state index contributed by atoms with van der Waals surface area (Å²) in [5.74, 6) is 5.35. The van der Waals surface area contributed by atoms with E-state index < -0.39 is 0 Å². The number of hydrogen-bond acceptors (Lipinski definition) is 3. The second kappa shape index (κ2) is 3.73. The van der Waals surface area contributed by atoms with Crippen LogP contribution in [0, 0.1) is 0 Å². The highest BCUT2D eigenvalue weighted by molar-refractivity contribution is 5.97. The number of amidine groups is 1. The van der Waals surface area contributed by atoms with Crippen molar-refractivity contribution in [2.45, 2.75) is 6.54 Å². The van der Waals surface area contributed by atoms with Crippen molar-refractivity contribution < 1.29 is 0 Å². The van der Waals surface area contributed by atoms with Gasteiger partial charge in [-0.2, -0.15) is 5.10 Å². The number of hydrogen-bond donors (Lipinski definition) is 3. The van der Waals surface area contributed by atoms with Gasteiger partial charge in [-0.05, 0) is 11.6 Å². The molecule has 6 N–H and O–H groups in total. The van der Waals surface area contributed by atoms with E-state index in [9.17, 15) is 0 Å². The molecule has 4 nitrogen and oxygen atoms in total. The maximum absolute atomic E-state index is 5.50. The number of benzene rings is 1. The lowest BCUT2D eigenvalue weighted by Gasteiger charge is -2.01. The molecule has 0 amide bonds. The summed E-state index contributed by atoms with van der Waals surface area (Å²) in [4.78, 5) is 0. The molecule has 0 fully saturated rings. The Morgan fingerprint density at radius 3 is 2.75 bits per heavy atom. The molecule has 0 saturated heterocycles. The van der Waals surface area contributed by atoms with Gasteiger partial charge in [0.1, 0.15) is 5.84 Å². The van der Waals surface area contributed by atoms with Crippen LogP contribution in [0.25, 0.3) is 0 Å². The highest BCUT2D eigenvalue weighted by Crippen LogP contribution is 2.03. The Labute approximate surface area is 71.0 Å². The van der Waals surface area contributed by atoms with Crippen LogP contribution in [0.15, 0.2) is 29.4 Å². The predicted molar refractivity (Wildman–Crippen MR) is 49.2 cm³/mol. The molecule has 0 unspecified atom stereocenters. The SMILES string of the molecule is NCc1cccc(/C(N)=N/N)c1. The Balaban J connectivity index is 3.02. The van der Waals surface area contributed by atoms with Crippen molar-refractivity contribution in [2.75, 3.05) is 0 Å². The second-order valence-electron chi connectivity index (χ2n) is 2.42. The minimum atomic E-state index is 0.324. The van der Waals surface area contributed by atoms with Crippen molar-refractivity contribution in [2.24, 2.45) is 22.4 Å². The Kier molecular flexibility index (Phi) is 2.66. The molecule has 0 aromatic heterocycles. The highest BCUT2D eigenvalue weighted by atomic mass is 15.1. The largest absolute Gasteiger partial charge is 0.382 e. The molecule has 64 valence electrons. The Bertz CT molecular complexity index is 293. The minimum Gasteiger partial charge on any atom is -0.382 e. The van der Waals surface area contributed by atoms with Crippen LogP contribution in [0.1, 0.15) is 11.1 Å². The van der Waals surface area contributed by atoms with Gasteiger partial charge in [-0.15, -0.1) is 0 Å². The fourth-order valence-electron chi connectivity index (χ4n) is 0.932. The van der Waals surface area contributed by atoms with E-state index in [4.69, 9.17) is 17.3 Å². The molecule has 0 atom stereocenters. The van der Waals surface area contributed by atoms with Crippen LogP contribution in [0.2, 0.25) is 0 Å². The summed E-state index contributed by atoms with van der Waals surface area (Å²) in [6.45, 7) is 0.492. The summed E-state index contributed by atoms with van der Waals surface area (Å²) in [5.41, 5.74) is 12.8. The Hall–Kier alpha value is -1.55. The zero-order chi connectivity index (χ0) is 8.97. The molecule has 4 heteroatoms. The van der Waals surface area contributed by atoms with Gasteiger partial charge in [-0.1, -0.05) is 18.2 Å². The van der Waals surface area contributed by atoms with Crippen LogP contribution in [-0.2, 0) is 6.54 Å². The standard InChI is InChI=1S/C8H12N4/c9-5-6-2-1-3-7(4-6)8(10)12-11/h1-4H,5,9,11H2,(H2,10,12). The lowest BCUT2D eigenvalue weighted by Crippen LogP contribution is -2.15. The van der Waals surface area contributed by atoms with Gasteiger partial charge in [0, 0.05) is 12.1 Å². The topological polar surface area (TPSA) is 90.4 Å². The van der Waals surface area contributed by atoms with E-state index in [0.29, 0.717) is 12.4 Å². The molecule has 12 heavy (non-hydrogen) atoms. The van der Waals surface area contributed by atoms with Crippen molar-refractivity contribution >= 4 is 5.84 Å². The maximum Gasteiger partial charge on any atom is 0.150 e. The van der Waals surface area contributed by atoms with E-state index in [1.807, 2.05) is 24.3 Å². The first-order valence-electron chi connectivity index (χ1n) is 3.60. The molecule has 1 rings (SSSR count). The molecule has 0 aliphatic carbocycles. The molecule has 1 aromatic carbocycles. The van der Waals surface area contributed by atoms with Crippen molar-refractivity contribution in [3.63, 3.8) is 0 Å². The molecular formula is C8H12N4. The zero-order valence-corrected chi connectivity index (χ0v) is 6.70. The highest BCUT2D eigenvalue weighted by Gasteiger charge is 1.97. The van der Waals surface area contributed by atoms with Crippen LogP contribution in [0.4, 0.5) is 0 Å². The number of hydrazone groups is 1. The van der Waals surface area contributed by atoms with Crippen LogP contribution in [0.5, 0.6) is 0 Å². The van der Waals surface area contributed by atoms with E-state index in [1.165, 1.54) is 0 Å². The number of nitrogens with zero attached hydrogens (tertiary/aromatic N) is 1. The van der Waals surface area contributed by atoms with E-state index in [0.717, 1.165) is 11.1 Å². The van der Waals surface area contributed by atoms with E-state index >= 15 is 0 Å². The third kappa shape index (κ3) is 1.73. The predicted octanol–water partition coefficient (Wildman–Crippen LogP) is -0.276. The summed E-state index contributed by atoms with van der Waals surface area (Å²) in [6.07, 6.45) is 0. The van der Waals surface area contributed by atoms with E-state index in [-0.39, 0.29) is 0 Å². The molecule has 0 spiro atoms. The first-order valence-corrected chi connectivity index (χ1v) is 3.60. The quantitative estimate of drug-likeness (QED) is 0.243. The molecule has 0 saturated carbocycles. The lowest BCUT2D eigenvalue weighted by molar-refractivity contribution is 1.07. The normalized spacial score (nSPS) is 11.6. The Morgan fingerprint density at radius 1 is 1.42 bits per heavy atom. The van der Waals surface area contributed by atoms with Crippen molar-refractivity contribution in [3.05, 3.63) is 35.4 Å². The average Bonchev–Trinajstić information content (AvgIpc) is 2.17. The van der Waals surface area contributed by atoms with Gasteiger partial charge in [-0.25, -0.2) is 0 Å². The Morgan fingerprint density at radius 2 is 2.17 bits per heavy atom. The monoisotopic (exact) mass is 164 g/mol. The van der Waals surface area contributed by atoms with Crippen LogP contribution in [0.3, 0.4) is 0 Å². The number of rotatable bonds is 2. The van der Waals surface area contributed by atoms with Crippen molar-refractivity contribution in [1.82, 2.24) is 0 Å². The third-order valence-corrected chi connectivity index (χ3v) is 1.60. The average molecular weight is 164 g/mol. The number of nitrogens with two attached hydrogens (primary N) is 3. The van der Waals surface area contributed by atoms with Gasteiger partial charge in [0.25, 0.3) is 0 Å². The molecule has 1 aromatic rings. The van der Waals surface area contributed by atoms with Crippen LogP contribution >= 0.6 is 0 Å². The van der Waals surface area contributed by atoms with Gasteiger partial charge in [-0.3, -0.25) is 0 Å².